The number of nitrogens with two attached hydrogens (primary N) is 5. The van der Waals surface area contributed by atoms with Crippen LogP contribution in [0.15, 0.2) is 46.8 Å². The number of rotatable bonds is 41. The quantitative estimate of drug-likeness (QED) is 0.0257. The van der Waals surface area contributed by atoms with Crippen molar-refractivity contribution in [1.82, 2.24) is 31.2 Å². The van der Waals surface area contributed by atoms with Gasteiger partial charge in [0.1, 0.15) is 11.8 Å². The number of phenols is 1. The lowest BCUT2D eigenvalue weighted by Gasteiger charge is -2.27. The molecule has 10 atom stereocenters. The van der Waals surface area contributed by atoms with Crippen LogP contribution in [0, 0.1) is 47.3 Å². The Hall–Kier alpha value is -7.24. The number of aliphatic imine (C=N–C) groups is 2. The van der Waals surface area contributed by atoms with Gasteiger partial charge in [-0.15, -0.1) is 0 Å². The van der Waals surface area contributed by atoms with Crippen molar-refractivity contribution in [3.05, 3.63) is 48.0 Å². The molecule has 0 aliphatic heterocycles. The molecule has 24 heteroatoms. The van der Waals surface area contributed by atoms with Gasteiger partial charge in [-0.2, -0.15) is 0 Å². The molecule has 1 heterocycles. The van der Waals surface area contributed by atoms with Gasteiger partial charge in [0.2, 0.25) is 29.5 Å². The SMILES string of the molecule is CC[C@@H](Cc1ccc(O)cc1)C(=O)N[C@@H](CCCN=C(N)N)C(=O)C[C@@H](Cc1cnc[nH]1)C(=O)N[C@@H](C)C(=O)C[C@@H](CCCN=C(N)N)C(=O)N[C@@H](CC(C)C)C(=O)C[C@@H](CC(C)C)C(=O)N[C@@H](CO)C(=O)C[C@H](C(N)=O)[C@@H](C)CC. The van der Waals surface area contributed by atoms with Gasteiger partial charge in [-0.25, -0.2) is 4.98 Å². The highest BCUT2D eigenvalue weighted by Crippen LogP contribution is 2.24. The van der Waals surface area contributed by atoms with E-state index >= 15 is 0 Å². The van der Waals surface area contributed by atoms with Gasteiger partial charge in [-0.3, -0.25) is 53.1 Å². The number of guanidine groups is 2. The zero-order valence-electron chi connectivity index (χ0n) is 48.7. The van der Waals surface area contributed by atoms with Crippen molar-refractivity contribution in [3.63, 3.8) is 0 Å². The molecule has 0 unspecified atom stereocenters. The maximum Gasteiger partial charge on any atom is 0.224 e. The van der Waals surface area contributed by atoms with Crippen LogP contribution in [-0.4, -0.2) is 129 Å². The number of primary amides is 1. The predicted molar refractivity (Wildman–Crippen MR) is 308 cm³/mol. The average molecular weight is 1140 g/mol. The third-order valence-corrected chi connectivity index (χ3v) is 14.4. The number of benzene rings is 1. The van der Waals surface area contributed by atoms with Gasteiger partial charge in [0.25, 0.3) is 0 Å². The first-order valence-corrected chi connectivity index (χ1v) is 28.3. The van der Waals surface area contributed by atoms with Gasteiger partial charge < -0.3 is 65.1 Å². The Morgan fingerprint density at radius 1 is 0.580 bits per heavy atom. The maximum atomic E-state index is 14.4. The highest BCUT2D eigenvalue weighted by molar-refractivity contribution is 5.98. The van der Waals surface area contributed by atoms with E-state index in [0.29, 0.717) is 31.4 Å². The van der Waals surface area contributed by atoms with Crippen LogP contribution in [0.1, 0.15) is 144 Å². The minimum atomic E-state index is -1.36. The summed E-state index contributed by atoms with van der Waals surface area (Å²) in [6, 6.07) is 1.78. The van der Waals surface area contributed by atoms with E-state index in [1.807, 2.05) is 41.5 Å². The summed E-state index contributed by atoms with van der Waals surface area (Å²) in [5, 5.41) is 31.0. The van der Waals surface area contributed by atoms with Crippen LogP contribution in [0.25, 0.3) is 0 Å². The summed E-state index contributed by atoms with van der Waals surface area (Å²) in [5.74, 6) is -10.2. The number of phenolic OH excluding ortho intramolecular Hbond substituents is 1. The van der Waals surface area contributed by atoms with E-state index in [2.05, 4.69) is 41.2 Å². The van der Waals surface area contributed by atoms with Crippen LogP contribution < -0.4 is 49.9 Å². The second-order valence-corrected chi connectivity index (χ2v) is 22.2. The number of aliphatic hydroxyl groups is 1. The van der Waals surface area contributed by atoms with Crippen LogP contribution in [0.3, 0.4) is 0 Å². The molecule has 0 bridgehead atoms. The standard InChI is InChI=1S/C57H93N13O11/c1-9-34(7)43(51(58)77)28-50(76)46(30-71)70-55(81)39(21-32(3)4)26-49(75)45(22-33(5)6)69-53(79)38(13-11-19-64-56(59)60)25-47(73)35(8)67-54(80)40(24-41-29-63-31-66-41)27-48(74)44(14-12-20-65-57(61)62)68-52(78)37(10-2)23-36-15-17-42(72)18-16-36/h15-18,29,31-35,37-40,43-46,71-72H,9-14,19-28,30H2,1-8H3,(H2,58,77)(H,63,66)(H,67,80)(H,68,78)(H,69,79)(H,70,81)(H4,59,60,64)(H4,61,62,65)/t34-,35-,37-,38+,39+,40+,43-,44-,45-,46-/m0/s1. The van der Waals surface area contributed by atoms with E-state index < -0.39 is 114 Å². The number of Topliss-reactive ketones (excluding diaryl/α,β-unsaturated/α-hetero) is 4. The molecule has 81 heavy (non-hydrogen) atoms. The van der Waals surface area contributed by atoms with Gasteiger partial charge in [-0.1, -0.05) is 67.0 Å². The van der Waals surface area contributed by atoms with Gasteiger partial charge in [-0.05, 0) is 93.7 Å². The molecule has 24 nitrogen and oxygen atoms in total. The molecule has 0 fully saturated rings. The van der Waals surface area contributed by atoms with Gasteiger partial charge in [0.15, 0.2) is 35.1 Å². The first kappa shape index (κ1) is 69.9. The minimum absolute atomic E-state index is 0.00225. The minimum Gasteiger partial charge on any atom is -0.508 e. The average Bonchev–Trinajstić information content (AvgIpc) is 3.94. The monoisotopic (exact) mass is 1140 g/mol. The number of hydrogen-bond acceptors (Lipinski definition) is 14. The van der Waals surface area contributed by atoms with Crippen LogP contribution in [0.2, 0.25) is 0 Å². The van der Waals surface area contributed by atoms with Gasteiger partial charge in [0, 0.05) is 80.8 Å². The Balaban J connectivity index is 2.40. The number of hydrogen-bond donors (Lipinski definition) is 12. The van der Waals surface area contributed by atoms with Gasteiger partial charge >= 0.3 is 0 Å². The number of aromatic nitrogens is 2. The molecule has 0 aliphatic rings. The first-order chi connectivity index (χ1) is 38.2. The second-order valence-electron chi connectivity index (χ2n) is 22.2. The number of aliphatic hydroxyl groups excluding tert-OH is 1. The summed E-state index contributed by atoms with van der Waals surface area (Å²) in [5.41, 5.74) is 29.1. The van der Waals surface area contributed by atoms with Crippen molar-refractivity contribution >= 4 is 64.6 Å². The van der Waals surface area contributed by atoms with Crippen molar-refractivity contribution in [3.8, 4) is 5.75 Å². The third kappa shape index (κ3) is 26.3. The number of aromatic hydroxyl groups is 1. The maximum absolute atomic E-state index is 14.4. The van der Waals surface area contributed by atoms with Crippen molar-refractivity contribution in [2.45, 2.75) is 169 Å². The van der Waals surface area contributed by atoms with E-state index in [9.17, 15) is 53.4 Å². The van der Waals surface area contributed by atoms with E-state index in [-0.39, 0.29) is 112 Å². The number of ketones is 4. The normalized spacial score (nSPS) is 15.0. The number of carbonyl (C=O) groups excluding carboxylic acids is 9. The molecule has 2 rings (SSSR count). The zero-order chi connectivity index (χ0) is 60.9. The Kier molecular flexibility index (Phi) is 31.2. The van der Waals surface area contributed by atoms with E-state index in [1.165, 1.54) is 31.6 Å². The Labute approximate surface area is 476 Å². The third-order valence-electron chi connectivity index (χ3n) is 14.4. The summed E-state index contributed by atoms with van der Waals surface area (Å²) < 4.78 is 0. The van der Waals surface area contributed by atoms with Crippen molar-refractivity contribution in [2.24, 2.45) is 86.0 Å². The fraction of sp³-hybridized carbons (Fsp3) is 0.649. The number of H-pyrrole nitrogens is 1. The topological polar surface area (TPSA) is 426 Å². The Morgan fingerprint density at radius 3 is 1.62 bits per heavy atom. The molecule has 0 spiro atoms. The molecule has 1 aromatic heterocycles. The lowest BCUT2D eigenvalue weighted by atomic mass is 9.85. The molecule has 0 saturated carbocycles. The van der Waals surface area contributed by atoms with E-state index in [0.717, 1.165) is 5.56 Å². The smallest absolute Gasteiger partial charge is 0.224 e. The van der Waals surface area contributed by atoms with Gasteiger partial charge in [0.05, 0.1) is 37.0 Å². The predicted octanol–water partition coefficient (Wildman–Crippen LogP) is 1.91. The summed E-state index contributed by atoms with van der Waals surface area (Å²) in [4.78, 5) is 140. The summed E-state index contributed by atoms with van der Waals surface area (Å²) in [6.07, 6.45) is 4.05. The van der Waals surface area contributed by atoms with Crippen LogP contribution >= 0.6 is 0 Å². The fourth-order valence-electron chi connectivity index (χ4n) is 9.47. The lowest BCUT2D eigenvalue weighted by Crippen LogP contribution is -2.49. The summed E-state index contributed by atoms with van der Waals surface area (Å²) in [7, 11) is 0. The van der Waals surface area contributed by atoms with Crippen LogP contribution in [0.4, 0.5) is 0 Å². The summed E-state index contributed by atoms with van der Waals surface area (Å²) >= 11 is 0. The van der Waals surface area contributed by atoms with Crippen molar-refractivity contribution in [1.29, 1.82) is 0 Å². The molecule has 0 radical (unpaired) electrons. The highest BCUT2D eigenvalue weighted by atomic mass is 16.3. The Bertz CT molecular complexity index is 2400. The number of carbonyl (C=O) groups is 9. The fourth-order valence-corrected chi connectivity index (χ4v) is 9.47. The van der Waals surface area contributed by atoms with Crippen molar-refractivity contribution in [2.75, 3.05) is 19.7 Å². The van der Waals surface area contributed by atoms with Crippen LogP contribution in [0.5, 0.6) is 5.75 Å². The Morgan fingerprint density at radius 2 is 1.09 bits per heavy atom. The van der Waals surface area contributed by atoms with E-state index in [4.69, 9.17) is 28.7 Å². The second kappa shape index (κ2) is 36.2. The zero-order valence-corrected chi connectivity index (χ0v) is 48.7. The number of amides is 5. The number of nitrogens with one attached hydrogen (secondary N) is 5. The lowest BCUT2D eigenvalue weighted by molar-refractivity contribution is -0.136. The molecular formula is C57H93N13O11. The number of imidazole rings is 1. The number of nitrogens with zero attached hydrogens (tertiary/aromatic N) is 3. The molecule has 0 saturated heterocycles. The molecule has 17 N–H and O–H groups in total. The van der Waals surface area contributed by atoms with Crippen molar-refractivity contribution < 1.29 is 53.4 Å². The largest absolute Gasteiger partial charge is 0.508 e. The highest BCUT2D eigenvalue weighted by Gasteiger charge is 2.36. The van der Waals surface area contributed by atoms with Crippen LogP contribution in [-0.2, 0) is 56.0 Å². The molecule has 5 amide bonds. The molecule has 1 aromatic carbocycles. The molecule has 2 aromatic rings. The summed E-state index contributed by atoms with van der Waals surface area (Å²) in [6.45, 7) is 13.9. The molecular weight excluding hydrogens is 1040 g/mol. The first-order valence-electron chi connectivity index (χ1n) is 28.3. The van der Waals surface area contributed by atoms with E-state index in [1.54, 1.807) is 19.1 Å². The molecule has 0 aliphatic carbocycles. The number of aromatic amines is 1. The molecule has 452 valence electrons.